The molecule has 1 N–H and O–H groups in total. The van der Waals surface area contributed by atoms with Crippen LogP contribution in [0.4, 0.5) is 0 Å². The van der Waals surface area contributed by atoms with E-state index in [1.54, 1.807) is 24.3 Å². The average Bonchev–Trinajstić information content (AvgIpc) is 3.34. The highest BCUT2D eigenvalue weighted by molar-refractivity contribution is 6.35. The molecule has 0 unspecified atom stereocenters. The Bertz CT molecular complexity index is 1470. The summed E-state index contributed by atoms with van der Waals surface area (Å²) in [6, 6.07) is 18.9. The summed E-state index contributed by atoms with van der Waals surface area (Å²) in [5.41, 5.74) is 4.42. The van der Waals surface area contributed by atoms with Crippen LogP contribution in [0.5, 0.6) is 0 Å². The molecule has 0 bridgehead atoms. The summed E-state index contributed by atoms with van der Waals surface area (Å²) < 4.78 is 4.08. The van der Waals surface area contributed by atoms with Crippen LogP contribution in [-0.4, -0.2) is 25.4 Å². The highest BCUT2D eigenvalue weighted by atomic mass is 35.5. The summed E-state index contributed by atoms with van der Waals surface area (Å²) in [5, 5.41) is 17.1. The predicted molar refractivity (Wildman–Crippen MR) is 128 cm³/mol. The van der Waals surface area contributed by atoms with Crippen LogP contribution in [0, 0.1) is 0 Å². The Morgan fingerprint density at radius 2 is 1.81 bits per heavy atom. The number of hydrogen-bond acceptors (Lipinski definition) is 2. The van der Waals surface area contributed by atoms with Gasteiger partial charge in [-0.1, -0.05) is 47.5 Å². The SMILES string of the molecule is O=C(O)c1ccc2nn(CCc3cn(Cc4ccc(Cl)cc4Cl)c4ccccc34)cc2c1. The van der Waals surface area contributed by atoms with E-state index in [1.807, 2.05) is 35.1 Å². The number of carboxylic acids is 1. The first-order valence-electron chi connectivity index (χ1n) is 10.2. The Labute approximate surface area is 194 Å². The Kier molecular flexibility index (Phi) is 5.37. The second-order valence-electron chi connectivity index (χ2n) is 7.76. The zero-order chi connectivity index (χ0) is 22.2. The molecule has 2 heterocycles. The Morgan fingerprint density at radius 1 is 0.969 bits per heavy atom. The number of halogens is 2. The van der Waals surface area contributed by atoms with Crippen LogP contribution in [0.2, 0.25) is 10.0 Å². The van der Waals surface area contributed by atoms with Crippen LogP contribution in [-0.2, 0) is 19.5 Å². The number of carbonyl (C=O) groups is 1. The smallest absolute Gasteiger partial charge is 0.335 e. The standard InChI is InChI=1S/C25H19Cl2N3O2/c26-20-7-5-18(22(27)12-20)14-29-13-17(21-3-1-2-4-24(21)29)9-10-30-15-19-11-16(25(31)32)6-8-23(19)28-30/h1-8,11-13,15H,9-10,14H2,(H,31,32). The number of aromatic nitrogens is 3. The molecule has 160 valence electrons. The molecule has 7 heteroatoms. The van der Waals surface area contributed by atoms with E-state index in [9.17, 15) is 9.90 Å². The minimum Gasteiger partial charge on any atom is -0.478 e. The zero-order valence-electron chi connectivity index (χ0n) is 17.0. The highest BCUT2D eigenvalue weighted by Gasteiger charge is 2.12. The second-order valence-corrected chi connectivity index (χ2v) is 8.60. The van der Waals surface area contributed by atoms with Gasteiger partial charge in [0.1, 0.15) is 0 Å². The van der Waals surface area contributed by atoms with Crippen LogP contribution in [0.1, 0.15) is 21.5 Å². The molecule has 0 radical (unpaired) electrons. The van der Waals surface area contributed by atoms with Crippen molar-refractivity contribution in [2.75, 3.05) is 0 Å². The van der Waals surface area contributed by atoms with E-state index in [0.29, 0.717) is 23.1 Å². The normalized spacial score (nSPS) is 11.4. The fourth-order valence-electron chi connectivity index (χ4n) is 4.05. The number of aromatic carboxylic acids is 1. The van der Waals surface area contributed by atoms with E-state index in [1.165, 1.54) is 10.9 Å². The Hall–Kier alpha value is -3.28. The molecule has 0 spiro atoms. The lowest BCUT2D eigenvalue weighted by Gasteiger charge is -2.08. The van der Waals surface area contributed by atoms with Crippen LogP contribution < -0.4 is 0 Å². The summed E-state index contributed by atoms with van der Waals surface area (Å²) in [6.07, 6.45) is 4.86. The van der Waals surface area contributed by atoms with Gasteiger partial charge in [0.15, 0.2) is 0 Å². The maximum Gasteiger partial charge on any atom is 0.335 e. The number of benzene rings is 3. The molecule has 0 aliphatic carbocycles. The van der Waals surface area contributed by atoms with Gasteiger partial charge in [0.2, 0.25) is 0 Å². The molecule has 5 nitrogen and oxygen atoms in total. The van der Waals surface area contributed by atoms with Gasteiger partial charge in [0.05, 0.1) is 11.1 Å². The van der Waals surface area contributed by atoms with Crippen molar-refractivity contribution in [2.45, 2.75) is 19.5 Å². The number of hydrogen-bond donors (Lipinski definition) is 1. The molecule has 5 rings (SSSR count). The third-order valence-electron chi connectivity index (χ3n) is 5.64. The maximum absolute atomic E-state index is 11.2. The molecule has 5 aromatic rings. The predicted octanol–water partition coefficient (Wildman–Crippen LogP) is 6.29. The number of para-hydroxylation sites is 1. The Balaban J connectivity index is 1.42. The van der Waals surface area contributed by atoms with E-state index >= 15 is 0 Å². The zero-order valence-corrected chi connectivity index (χ0v) is 18.5. The van der Waals surface area contributed by atoms with Crippen molar-refractivity contribution in [2.24, 2.45) is 0 Å². The van der Waals surface area contributed by atoms with Gasteiger partial charge in [-0.3, -0.25) is 4.68 Å². The van der Waals surface area contributed by atoms with E-state index in [0.717, 1.165) is 28.4 Å². The molecule has 0 fully saturated rings. The summed E-state index contributed by atoms with van der Waals surface area (Å²) in [4.78, 5) is 11.2. The van der Waals surface area contributed by atoms with E-state index in [2.05, 4.69) is 28.0 Å². The van der Waals surface area contributed by atoms with Crippen LogP contribution >= 0.6 is 23.2 Å². The van der Waals surface area contributed by atoms with Crippen molar-refractivity contribution in [3.8, 4) is 0 Å². The van der Waals surface area contributed by atoms with Crippen LogP contribution in [0.3, 0.4) is 0 Å². The van der Waals surface area contributed by atoms with Crippen LogP contribution in [0.15, 0.2) is 73.1 Å². The second kappa shape index (κ2) is 8.34. The van der Waals surface area contributed by atoms with Crippen LogP contribution in [0.25, 0.3) is 21.8 Å². The largest absolute Gasteiger partial charge is 0.478 e. The van der Waals surface area contributed by atoms with Crippen molar-refractivity contribution < 1.29 is 9.90 Å². The van der Waals surface area contributed by atoms with Crippen molar-refractivity contribution in [1.82, 2.24) is 14.3 Å². The summed E-state index contributed by atoms with van der Waals surface area (Å²) in [6.45, 7) is 1.34. The molecule has 32 heavy (non-hydrogen) atoms. The third kappa shape index (κ3) is 3.97. The molecule has 0 aliphatic heterocycles. The third-order valence-corrected chi connectivity index (χ3v) is 6.22. The topological polar surface area (TPSA) is 60.0 Å². The first kappa shape index (κ1) is 20.6. The number of nitrogens with zero attached hydrogens (tertiary/aromatic N) is 3. The lowest BCUT2D eigenvalue weighted by atomic mass is 10.1. The number of carboxylic acid groups (broad SMARTS) is 1. The molecule has 3 aromatic carbocycles. The van der Waals surface area contributed by atoms with Crippen molar-refractivity contribution in [1.29, 1.82) is 0 Å². The number of fused-ring (bicyclic) bond motifs is 2. The van der Waals surface area contributed by atoms with Crippen molar-refractivity contribution in [3.63, 3.8) is 0 Å². The van der Waals surface area contributed by atoms with Gasteiger partial charge >= 0.3 is 5.97 Å². The van der Waals surface area contributed by atoms with Gasteiger partial charge in [0, 0.05) is 51.8 Å². The van der Waals surface area contributed by atoms with E-state index < -0.39 is 5.97 Å². The summed E-state index contributed by atoms with van der Waals surface area (Å²) in [7, 11) is 0. The fourth-order valence-corrected chi connectivity index (χ4v) is 4.51. The monoisotopic (exact) mass is 463 g/mol. The van der Waals surface area contributed by atoms with Gasteiger partial charge in [-0.25, -0.2) is 4.79 Å². The number of rotatable bonds is 6. The van der Waals surface area contributed by atoms with Crippen molar-refractivity contribution in [3.05, 3.63) is 99.8 Å². The first-order valence-corrected chi connectivity index (χ1v) is 10.9. The minimum absolute atomic E-state index is 0.265. The minimum atomic E-state index is -0.937. The molecule has 0 saturated heterocycles. The lowest BCUT2D eigenvalue weighted by molar-refractivity contribution is 0.0697. The van der Waals surface area contributed by atoms with E-state index in [-0.39, 0.29) is 5.56 Å². The molecule has 0 saturated carbocycles. The molecule has 0 aliphatic rings. The molecule has 2 aromatic heterocycles. The fraction of sp³-hybridized carbons (Fsp3) is 0.120. The highest BCUT2D eigenvalue weighted by Crippen LogP contribution is 2.27. The van der Waals surface area contributed by atoms with E-state index in [4.69, 9.17) is 23.2 Å². The summed E-state index contributed by atoms with van der Waals surface area (Å²) >= 11 is 12.4. The Morgan fingerprint density at radius 3 is 2.62 bits per heavy atom. The van der Waals surface area contributed by atoms with Gasteiger partial charge < -0.3 is 9.67 Å². The maximum atomic E-state index is 11.2. The lowest BCUT2D eigenvalue weighted by Crippen LogP contribution is -2.02. The van der Waals surface area contributed by atoms with Gasteiger partial charge in [-0.05, 0) is 53.9 Å². The molecule has 0 atom stereocenters. The van der Waals surface area contributed by atoms with Gasteiger partial charge in [0.25, 0.3) is 0 Å². The first-order chi connectivity index (χ1) is 15.5. The van der Waals surface area contributed by atoms with Gasteiger partial charge in [-0.15, -0.1) is 0 Å². The number of aryl methyl sites for hydroxylation is 2. The van der Waals surface area contributed by atoms with Gasteiger partial charge in [-0.2, -0.15) is 5.10 Å². The average molecular weight is 464 g/mol. The molecular formula is C25H19Cl2N3O2. The molecular weight excluding hydrogens is 445 g/mol. The van der Waals surface area contributed by atoms with Crippen molar-refractivity contribution >= 4 is 51.0 Å². The molecule has 0 amide bonds. The summed E-state index contributed by atoms with van der Waals surface area (Å²) in [5.74, 6) is -0.937. The quantitative estimate of drug-likeness (QED) is 0.322.